The van der Waals surface area contributed by atoms with Gasteiger partial charge in [-0.05, 0) is 57.4 Å². The molecule has 0 unspecified atom stereocenters. The number of rotatable bonds is 16. The molecule has 9 atom stereocenters. The molecule has 1 aliphatic heterocycles. The number of carbonyl (C=O) groups excluding carboxylic acids is 8. The molecule has 0 aromatic heterocycles. The van der Waals surface area contributed by atoms with Crippen LogP contribution in [0, 0.1) is 5.92 Å². The van der Waals surface area contributed by atoms with E-state index in [1.54, 1.807) is 0 Å². The summed E-state index contributed by atoms with van der Waals surface area (Å²) in [5.74, 6) is -7.41. The van der Waals surface area contributed by atoms with Crippen molar-refractivity contribution < 1.29 is 77.7 Å². The summed E-state index contributed by atoms with van der Waals surface area (Å²) < 4.78 is 23.0. The van der Waals surface area contributed by atoms with Gasteiger partial charge >= 0.3 is 6.09 Å². The van der Waals surface area contributed by atoms with Crippen LogP contribution in [0.25, 0.3) is 0 Å². The number of carbonyl (C=O) groups is 8. The van der Waals surface area contributed by atoms with Gasteiger partial charge in [-0.25, -0.2) is 4.79 Å². The van der Waals surface area contributed by atoms with E-state index >= 15 is 0 Å². The van der Waals surface area contributed by atoms with Crippen molar-refractivity contribution in [2.24, 2.45) is 17.4 Å². The zero-order chi connectivity index (χ0) is 49.0. The Labute approximate surface area is 382 Å². The van der Waals surface area contributed by atoms with E-state index in [2.05, 4.69) is 21.3 Å². The topological polar surface area (TPSA) is 355 Å². The normalized spacial score (nSPS) is 22.1. The lowest BCUT2D eigenvalue weighted by molar-refractivity contribution is -0.245. The molecule has 67 heavy (non-hydrogen) atoms. The molecule has 1 saturated heterocycles. The number of aliphatic hydroxyl groups excluding tert-OH is 2. The fraction of sp³-hybridized carbons (Fsp3) is 0.422. The first-order chi connectivity index (χ1) is 31.7. The number of hydrogen-bond acceptors (Lipinski definition) is 17. The third-order valence-electron chi connectivity index (χ3n) is 11.8. The summed E-state index contributed by atoms with van der Waals surface area (Å²) in [6.07, 6.45) is -6.80. The summed E-state index contributed by atoms with van der Waals surface area (Å²) in [5.41, 5.74) is 10.3. The highest BCUT2D eigenvalue weighted by Gasteiger charge is 2.46. The number of phenols is 2. The van der Waals surface area contributed by atoms with Crippen molar-refractivity contribution in [3.8, 4) is 17.2 Å². The van der Waals surface area contributed by atoms with Crippen LogP contribution in [-0.2, 0) is 51.2 Å². The quantitative estimate of drug-likeness (QED) is 0.0661. The number of Topliss-reactive ketones (excluding diaryl/α,β-unsaturated/α-hetero) is 1. The number of phenolic OH excluding ortho intramolecular Hbond substituents is 2. The van der Waals surface area contributed by atoms with Crippen molar-refractivity contribution in [2.45, 2.75) is 102 Å². The van der Waals surface area contributed by atoms with E-state index in [-0.39, 0.29) is 59.6 Å². The first-order valence-corrected chi connectivity index (χ1v) is 21.2. The molecule has 3 aromatic carbocycles. The zero-order valence-electron chi connectivity index (χ0n) is 36.8. The number of fused-ring (bicyclic) bond motifs is 3. The summed E-state index contributed by atoms with van der Waals surface area (Å²) in [6.45, 7) is 3.17. The third kappa shape index (κ3) is 10.7. The summed E-state index contributed by atoms with van der Waals surface area (Å²) in [4.78, 5) is 103. The van der Waals surface area contributed by atoms with Crippen LogP contribution in [-0.4, -0.2) is 124 Å². The minimum absolute atomic E-state index is 0.0447. The Bertz CT molecular complexity index is 2480. The van der Waals surface area contributed by atoms with E-state index in [4.69, 9.17) is 30.4 Å². The standard InChI is InChI=1S/C45H52N6O16/c1-18(46)42(60)48-19(2)43(61)50-27(14-31(47)54)44(62)49-23-10-8-21(9-11-23)17-65-45(63)51-26-15-32(66-20(3)37(26)55)67-30-13-22(28(53)16-52)12-25-34(30)41(59)36-35(39(25)57)38(56)24-6-5-7-29(64-4)33(24)40(36)58/h5-11,18-20,22,26-27,30,32,37,52,55,57,59H,12-17,46H2,1-4H3,(H2,47,54)(H,48,60)(H,49,62)(H,50,61)(H,51,63)/t18-,19-,20-,22+,26-,27-,30-,32-,37+/m0/s1. The predicted octanol–water partition coefficient (Wildman–Crippen LogP) is 0.00470. The maximum atomic E-state index is 14.0. The Hall–Kier alpha value is -6.98. The lowest BCUT2D eigenvalue weighted by atomic mass is 9.73. The molecule has 12 N–H and O–H groups in total. The Balaban J connectivity index is 1.11. The van der Waals surface area contributed by atoms with Crippen LogP contribution in [0.1, 0.15) is 94.7 Å². The number of amides is 5. The number of benzene rings is 3. The number of methoxy groups -OCH3 is 1. The van der Waals surface area contributed by atoms with Gasteiger partial charge in [0.05, 0.1) is 54.5 Å². The van der Waals surface area contributed by atoms with Gasteiger partial charge in [0.2, 0.25) is 29.4 Å². The van der Waals surface area contributed by atoms with Gasteiger partial charge in [0.15, 0.2) is 17.9 Å². The number of aliphatic hydroxyl groups is 2. The van der Waals surface area contributed by atoms with Gasteiger partial charge in [0.1, 0.15) is 48.6 Å². The maximum Gasteiger partial charge on any atom is 0.407 e. The molecule has 0 radical (unpaired) electrons. The summed E-state index contributed by atoms with van der Waals surface area (Å²) >= 11 is 0. The van der Waals surface area contributed by atoms with E-state index in [0.717, 1.165) is 0 Å². The Morgan fingerprint density at radius 2 is 1.58 bits per heavy atom. The molecule has 0 spiro atoms. The fourth-order valence-corrected chi connectivity index (χ4v) is 8.21. The van der Waals surface area contributed by atoms with Crippen LogP contribution in [0.2, 0.25) is 0 Å². The van der Waals surface area contributed by atoms with Crippen molar-refractivity contribution in [3.63, 3.8) is 0 Å². The summed E-state index contributed by atoms with van der Waals surface area (Å²) in [6, 6.07) is 5.91. The second kappa shape index (κ2) is 20.7. The number of nitrogens with two attached hydrogens (primary N) is 2. The molecule has 1 heterocycles. The van der Waals surface area contributed by atoms with Gasteiger partial charge < -0.3 is 72.1 Å². The number of ether oxygens (including phenoxy) is 4. The second-order valence-corrected chi connectivity index (χ2v) is 16.5. The number of alkyl carbamates (subject to hydrolysis) is 1. The average molecular weight is 933 g/mol. The number of hydrogen-bond donors (Lipinski definition) is 10. The first kappa shape index (κ1) is 49.5. The van der Waals surface area contributed by atoms with E-state index in [1.807, 2.05) is 0 Å². The maximum absolute atomic E-state index is 14.0. The monoisotopic (exact) mass is 932 g/mol. The molecule has 0 saturated carbocycles. The van der Waals surface area contributed by atoms with Crippen LogP contribution in [0.3, 0.4) is 0 Å². The smallest absolute Gasteiger partial charge is 0.407 e. The molecule has 358 valence electrons. The van der Waals surface area contributed by atoms with Crippen molar-refractivity contribution in [3.05, 3.63) is 81.4 Å². The third-order valence-corrected chi connectivity index (χ3v) is 11.8. The van der Waals surface area contributed by atoms with E-state index in [0.29, 0.717) is 5.56 Å². The van der Waals surface area contributed by atoms with E-state index in [1.165, 1.54) is 70.3 Å². The SMILES string of the molecule is COc1cccc2c1C(=O)c1c(O)c3c(c(O)c1C2=O)C[C@@H](C(=O)CO)C[C@@H]3O[C@H]1C[C@H](NC(=O)OCc2ccc(NC(=O)[C@H](CC(N)=O)NC(=O)[C@H](C)NC(=O)[C@H](C)N)cc2)[C@H](O)[C@H](C)O1. The van der Waals surface area contributed by atoms with Crippen LogP contribution >= 0.6 is 0 Å². The minimum atomic E-state index is -1.39. The molecule has 0 bridgehead atoms. The predicted molar refractivity (Wildman–Crippen MR) is 231 cm³/mol. The molecule has 22 nitrogen and oxygen atoms in total. The van der Waals surface area contributed by atoms with E-state index in [9.17, 15) is 58.8 Å². The second-order valence-electron chi connectivity index (χ2n) is 16.5. The van der Waals surface area contributed by atoms with Crippen LogP contribution in [0.5, 0.6) is 17.2 Å². The van der Waals surface area contributed by atoms with Crippen LogP contribution in [0.4, 0.5) is 10.5 Å². The molecule has 6 rings (SSSR count). The molecule has 5 amide bonds. The van der Waals surface area contributed by atoms with Gasteiger partial charge in [-0.1, -0.05) is 24.3 Å². The molecule has 3 aromatic rings. The average Bonchev–Trinajstić information content (AvgIpc) is 3.29. The van der Waals surface area contributed by atoms with Gasteiger partial charge in [-0.2, -0.15) is 0 Å². The van der Waals surface area contributed by atoms with Gasteiger partial charge in [-0.3, -0.25) is 33.6 Å². The van der Waals surface area contributed by atoms with Gasteiger partial charge in [0.25, 0.3) is 0 Å². The number of anilines is 1. The lowest BCUT2D eigenvalue weighted by Gasteiger charge is -2.41. The number of ketones is 3. The Morgan fingerprint density at radius 3 is 2.22 bits per heavy atom. The largest absolute Gasteiger partial charge is 0.507 e. The Morgan fingerprint density at radius 1 is 0.896 bits per heavy atom. The van der Waals surface area contributed by atoms with Crippen molar-refractivity contribution in [1.29, 1.82) is 0 Å². The van der Waals surface area contributed by atoms with Gasteiger partial charge in [-0.15, -0.1) is 0 Å². The molecule has 1 fully saturated rings. The Kier molecular flexibility index (Phi) is 15.3. The highest BCUT2D eigenvalue weighted by Crippen LogP contribution is 2.51. The molecule has 2 aliphatic carbocycles. The molecular weight excluding hydrogens is 881 g/mol. The zero-order valence-corrected chi connectivity index (χ0v) is 36.8. The number of nitrogens with one attached hydrogen (secondary N) is 4. The summed E-state index contributed by atoms with van der Waals surface area (Å²) in [7, 11) is 1.31. The van der Waals surface area contributed by atoms with Crippen molar-refractivity contribution >= 4 is 52.8 Å². The first-order valence-electron chi connectivity index (χ1n) is 21.2. The van der Waals surface area contributed by atoms with Crippen LogP contribution in [0.15, 0.2) is 42.5 Å². The highest BCUT2D eigenvalue weighted by atomic mass is 16.7. The lowest BCUT2D eigenvalue weighted by Crippen LogP contribution is -2.55. The number of aromatic hydroxyl groups is 2. The van der Waals surface area contributed by atoms with Crippen molar-refractivity contribution in [2.75, 3.05) is 19.0 Å². The number of primary amides is 1. The molecular formula is C45H52N6O16. The minimum Gasteiger partial charge on any atom is -0.507 e. The molecule has 3 aliphatic rings. The fourth-order valence-electron chi connectivity index (χ4n) is 8.21. The van der Waals surface area contributed by atoms with Crippen molar-refractivity contribution in [1.82, 2.24) is 16.0 Å². The molecule has 22 heteroatoms. The summed E-state index contributed by atoms with van der Waals surface area (Å²) in [5, 5.41) is 54.2. The van der Waals surface area contributed by atoms with Crippen LogP contribution < -0.4 is 37.5 Å². The van der Waals surface area contributed by atoms with Gasteiger partial charge in [0, 0.05) is 34.7 Å². The highest BCUT2D eigenvalue weighted by molar-refractivity contribution is 6.31. The van der Waals surface area contributed by atoms with E-state index < -0.39 is 137 Å².